The van der Waals surface area contributed by atoms with Crippen LogP contribution in [0, 0.1) is 5.41 Å². The molecule has 1 saturated carbocycles. The lowest BCUT2D eigenvalue weighted by Gasteiger charge is -2.41. The molecule has 0 aromatic heterocycles. The van der Waals surface area contributed by atoms with Crippen LogP contribution in [0.3, 0.4) is 0 Å². The van der Waals surface area contributed by atoms with Gasteiger partial charge in [-0.2, -0.15) is 0 Å². The average molecular weight is 324 g/mol. The van der Waals surface area contributed by atoms with Crippen molar-refractivity contribution >= 4 is 15.9 Å². The first-order valence-electron chi connectivity index (χ1n) is 7.20. The third kappa shape index (κ3) is 2.26. The Labute approximate surface area is 123 Å². The van der Waals surface area contributed by atoms with Gasteiger partial charge in [-0.25, -0.2) is 0 Å². The van der Waals surface area contributed by atoms with Crippen LogP contribution >= 0.6 is 15.9 Å². The fourth-order valence-corrected chi connectivity index (χ4v) is 4.57. The molecule has 19 heavy (non-hydrogen) atoms. The number of nitrogens with two attached hydrogens (primary N) is 1. The van der Waals surface area contributed by atoms with Crippen molar-refractivity contribution in [2.24, 2.45) is 11.1 Å². The van der Waals surface area contributed by atoms with Crippen molar-refractivity contribution in [3.05, 3.63) is 33.8 Å². The standard InChI is InChI=1S/C16H22BrNO/c1-19-13-4-6-16(7-5-13)9-11-2-3-12(17)8-14(11)15(16)10-18/h2-3,8,13,15H,4-7,9-10,18H2,1H3. The van der Waals surface area contributed by atoms with Crippen molar-refractivity contribution in [1.29, 1.82) is 0 Å². The van der Waals surface area contributed by atoms with E-state index in [1.165, 1.54) is 47.7 Å². The molecule has 1 aromatic carbocycles. The maximum atomic E-state index is 6.12. The van der Waals surface area contributed by atoms with Crippen molar-refractivity contribution in [3.63, 3.8) is 0 Å². The normalized spacial score (nSPS) is 33.6. The molecular formula is C16H22BrNO. The van der Waals surface area contributed by atoms with Gasteiger partial charge in [-0.05, 0) is 67.3 Å². The van der Waals surface area contributed by atoms with Crippen LogP contribution in [0.25, 0.3) is 0 Å². The summed E-state index contributed by atoms with van der Waals surface area (Å²) in [7, 11) is 1.84. The molecule has 2 nitrogen and oxygen atoms in total. The maximum Gasteiger partial charge on any atom is 0.0571 e. The molecule has 1 unspecified atom stereocenters. The minimum Gasteiger partial charge on any atom is -0.381 e. The summed E-state index contributed by atoms with van der Waals surface area (Å²) in [4.78, 5) is 0. The number of methoxy groups -OCH3 is 1. The molecule has 3 rings (SSSR count). The van der Waals surface area contributed by atoms with E-state index in [9.17, 15) is 0 Å². The Morgan fingerprint density at radius 3 is 2.74 bits per heavy atom. The largest absolute Gasteiger partial charge is 0.381 e. The molecule has 0 aliphatic heterocycles. The second-order valence-electron chi connectivity index (χ2n) is 6.11. The second-order valence-corrected chi connectivity index (χ2v) is 7.02. The molecule has 1 aromatic rings. The quantitative estimate of drug-likeness (QED) is 0.902. The van der Waals surface area contributed by atoms with Gasteiger partial charge in [0, 0.05) is 17.5 Å². The van der Waals surface area contributed by atoms with E-state index in [-0.39, 0.29) is 0 Å². The monoisotopic (exact) mass is 323 g/mol. The number of hydrogen-bond acceptors (Lipinski definition) is 2. The van der Waals surface area contributed by atoms with E-state index in [4.69, 9.17) is 10.5 Å². The van der Waals surface area contributed by atoms with Crippen molar-refractivity contribution in [3.8, 4) is 0 Å². The van der Waals surface area contributed by atoms with Crippen LogP contribution in [0.5, 0.6) is 0 Å². The minimum atomic E-state index is 0.396. The molecule has 0 bridgehead atoms. The summed E-state index contributed by atoms with van der Waals surface area (Å²) in [5, 5.41) is 0. The lowest BCUT2D eigenvalue weighted by Crippen LogP contribution is -2.36. The first-order chi connectivity index (χ1) is 9.18. The molecule has 104 valence electrons. The summed E-state index contributed by atoms with van der Waals surface area (Å²) in [6, 6.07) is 6.72. The van der Waals surface area contributed by atoms with Gasteiger partial charge in [0.25, 0.3) is 0 Å². The fraction of sp³-hybridized carbons (Fsp3) is 0.625. The van der Waals surface area contributed by atoms with E-state index in [0.29, 0.717) is 17.4 Å². The molecular weight excluding hydrogens is 302 g/mol. The van der Waals surface area contributed by atoms with Crippen LogP contribution in [0.1, 0.15) is 42.7 Å². The molecule has 1 spiro atoms. The zero-order valence-electron chi connectivity index (χ0n) is 11.5. The smallest absolute Gasteiger partial charge is 0.0571 e. The van der Waals surface area contributed by atoms with Gasteiger partial charge in [0.05, 0.1) is 6.10 Å². The molecule has 2 N–H and O–H groups in total. The molecule has 0 heterocycles. The summed E-state index contributed by atoms with van der Waals surface area (Å²) < 4.78 is 6.69. The van der Waals surface area contributed by atoms with Gasteiger partial charge >= 0.3 is 0 Å². The Hall–Kier alpha value is -0.380. The summed E-state index contributed by atoms with van der Waals surface area (Å²) >= 11 is 3.59. The highest BCUT2D eigenvalue weighted by molar-refractivity contribution is 9.10. The predicted molar refractivity (Wildman–Crippen MR) is 81.3 cm³/mol. The fourth-order valence-electron chi connectivity index (χ4n) is 4.19. The van der Waals surface area contributed by atoms with Crippen LogP contribution in [0.15, 0.2) is 22.7 Å². The van der Waals surface area contributed by atoms with Gasteiger partial charge in [0.15, 0.2) is 0 Å². The molecule has 2 aliphatic rings. The molecule has 1 atom stereocenters. The highest BCUT2D eigenvalue weighted by atomic mass is 79.9. The number of fused-ring (bicyclic) bond motifs is 1. The zero-order valence-corrected chi connectivity index (χ0v) is 13.1. The number of rotatable bonds is 2. The lowest BCUT2D eigenvalue weighted by molar-refractivity contribution is 0.0210. The third-order valence-electron chi connectivity index (χ3n) is 5.26. The second kappa shape index (κ2) is 5.19. The third-order valence-corrected chi connectivity index (χ3v) is 5.76. The topological polar surface area (TPSA) is 35.2 Å². The van der Waals surface area contributed by atoms with Gasteiger partial charge < -0.3 is 10.5 Å². The van der Waals surface area contributed by atoms with Gasteiger partial charge in [0.2, 0.25) is 0 Å². The summed E-state index contributed by atoms with van der Waals surface area (Å²) in [6.45, 7) is 0.765. The number of benzene rings is 1. The highest BCUT2D eigenvalue weighted by Crippen LogP contribution is 2.55. The summed E-state index contributed by atoms with van der Waals surface area (Å²) in [6.07, 6.45) is 6.52. The number of ether oxygens (including phenoxy) is 1. The van der Waals surface area contributed by atoms with Gasteiger partial charge in [-0.15, -0.1) is 0 Å². The highest BCUT2D eigenvalue weighted by Gasteiger charge is 2.47. The van der Waals surface area contributed by atoms with Crippen LogP contribution in [-0.2, 0) is 11.2 Å². The molecule has 3 heteroatoms. The van der Waals surface area contributed by atoms with Gasteiger partial charge in [0.1, 0.15) is 0 Å². The van der Waals surface area contributed by atoms with E-state index in [1.54, 1.807) is 0 Å². The van der Waals surface area contributed by atoms with Crippen molar-refractivity contribution in [1.82, 2.24) is 0 Å². The predicted octanol–water partition coefficient (Wildman–Crippen LogP) is 3.62. The molecule has 0 radical (unpaired) electrons. The summed E-state index contributed by atoms with van der Waals surface area (Å²) in [5.41, 5.74) is 9.51. The zero-order chi connectivity index (χ0) is 13.5. The molecule has 0 amide bonds. The van der Waals surface area contributed by atoms with Crippen molar-refractivity contribution < 1.29 is 4.74 Å². The van der Waals surface area contributed by atoms with E-state index < -0.39 is 0 Å². The first-order valence-corrected chi connectivity index (χ1v) is 7.99. The van der Waals surface area contributed by atoms with Gasteiger partial charge in [-0.3, -0.25) is 0 Å². The maximum absolute atomic E-state index is 6.12. The Bertz CT molecular complexity index is 466. The van der Waals surface area contributed by atoms with E-state index in [1.807, 2.05) is 7.11 Å². The molecule has 2 aliphatic carbocycles. The Kier molecular flexibility index (Phi) is 3.71. The van der Waals surface area contributed by atoms with E-state index in [0.717, 1.165) is 6.54 Å². The number of halogens is 1. The van der Waals surface area contributed by atoms with E-state index in [2.05, 4.69) is 34.1 Å². The molecule has 0 saturated heterocycles. The van der Waals surface area contributed by atoms with Crippen molar-refractivity contribution in [2.45, 2.75) is 44.1 Å². The lowest BCUT2D eigenvalue weighted by atomic mass is 9.66. The minimum absolute atomic E-state index is 0.396. The Morgan fingerprint density at radius 2 is 2.11 bits per heavy atom. The molecule has 1 fully saturated rings. The Morgan fingerprint density at radius 1 is 1.37 bits per heavy atom. The SMILES string of the molecule is COC1CCC2(CC1)Cc1ccc(Br)cc1C2CN. The average Bonchev–Trinajstić information content (AvgIpc) is 2.72. The Balaban J connectivity index is 1.89. The van der Waals surface area contributed by atoms with Gasteiger partial charge in [-0.1, -0.05) is 22.0 Å². The number of hydrogen-bond donors (Lipinski definition) is 1. The van der Waals surface area contributed by atoms with Crippen LogP contribution < -0.4 is 5.73 Å². The van der Waals surface area contributed by atoms with Crippen molar-refractivity contribution in [2.75, 3.05) is 13.7 Å². The van der Waals surface area contributed by atoms with Crippen LogP contribution in [-0.4, -0.2) is 19.8 Å². The van der Waals surface area contributed by atoms with Crippen LogP contribution in [0.2, 0.25) is 0 Å². The summed E-state index contributed by atoms with van der Waals surface area (Å²) in [5.74, 6) is 0.526. The van der Waals surface area contributed by atoms with Crippen LogP contribution in [0.4, 0.5) is 0 Å². The first kappa shape index (κ1) is 13.6. The van der Waals surface area contributed by atoms with E-state index >= 15 is 0 Å².